The zero-order valence-electron chi connectivity index (χ0n) is 16.1. The molecule has 1 saturated carbocycles. The van der Waals surface area contributed by atoms with Gasteiger partial charge in [-0.2, -0.15) is 0 Å². The molecular weight excluding hydrogens is 360 g/mol. The van der Waals surface area contributed by atoms with Gasteiger partial charge in [-0.25, -0.2) is 9.78 Å². The van der Waals surface area contributed by atoms with Gasteiger partial charge in [-0.15, -0.1) is 11.3 Å². The van der Waals surface area contributed by atoms with Gasteiger partial charge in [0.2, 0.25) is 0 Å². The highest BCUT2D eigenvalue weighted by Gasteiger charge is 2.25. The fourth-order valence-corrected chi connectivity index (χ4v) is 4.13. The molecule has 0 radical (unpaired) electrons. The quantitative estimate of drug-likeness (QED) is 0.719. The van der Waals surface area contributed by atoms with Crippen molar-refractivity contribution < 1.29 is 14.3 Å². The first-order valence-electron chi connectivity index (χ1n) is 9.39. The van der Waals surface area contributed by atoms with E-state index in [0.717, 1.165) is 42.2 Å². The van der Waals surface area contributed by atoms with Crippen LogP contribution in [-0.2, 0) is 9.53 Å². The molecule has 2 aromatic rings. The number of amides is 1. The van der Waals surface area contributed by atoms with Crippen LogP contribution in [-0.4, -0.2) is 41.5 Å². The molecule has 0 spiro atoms. The van der Waals surface area contributed by atoms with Crippen LogP contribution < -0.4 is 0 Å². The van der Waals surface area contributed by atoms with E-state index in [2.05, 4.69) is 11.9 Å². The Labute approximate surface area is 164 Å². The summed E-state index contributed by atoms with van der Waals surface area (Å²) >= 11 is 1.39. The van der Waals surface area contributed by atoms with Crippen molar-refractivity contribution in [2.45, 2.75) is 45.6 Å². The summed E-state index contributed by atoms with van der Waals surface area (Å²) in [6.07, 6.45) is 4.32. The highest BCUT2D eigenvalue weighted by Crippen LogP contribution is 2.27. The number of aromatic nitrogens is 1. The number of carbonyl (C=O) groups is 2. The molecule has 6 heteroatoms. The predicted molar refractivity (Wildman–Crippen MR) is 107 cm³/mol. The monoisotopic (exact) mass is 386 g/mol. The Morgan fingerprint density at radius 3 is 2.52 bits per heavy atom. The number of rotatable bonds is 5. The van der Waals surface area contributed by atoms with Gasteiger partial charge >= 0.3 is 5.97 Å². The second-order valence-corrected chi connectivity index (χ2v) is 8.26. The summed E-state index contributed by atoms with van der Waals surface area (Å²) in [5.41, 5.74) is 2.38. The molecule has 1 aliphatic rings. The summed E-state index contributed by atoms with van der Waals surface area (Å²) in [7, 11) is 1.80. The second kappa shape index (κ2) is 8.65. The lowest BCUT2D eigenvalue weighted by molar-refractivity contribution is -0.136. The number of benzene rings is 1. The Morgan fingerprint density at radius 2 is 1.85 bits per heavy atom. The molecule has 1 amide bonds. The molecule has 0 saturated heterocycles. The number of aryl methyl sites for hydroxylation is 1. The maximum atomic E-state index is 12.3. The van der Waals surface area contributed by atoms with E-state index in [1.165, 1.54) is 16.9 Å². The molecule has 0 aliphatic heterocycles. The third-order valence-electron chi connectivity index (χ3n) is 5.27. The second-order valence-electron chi connectivity index (χ2n) is 7.40. The van der Waals surface area contributed by atoms with E-state index in [1.807, 2.05) is 31.2 Å². The van der Waals surface area contributed by atoms with Crippen LogP contribution in [0.1, 0.15) is 48.7 Å². The van der Waals surface area contributed by atoms with Crippen molar-refractivity contribution in [2.75, 3.05) is 13.7 Å². The molecule has 1 aromatic carbocycles. The molecule has 27 heavy (non-hydrogen) atoms. The van der Waals surface area contributed by atoms with E-state index in [4.69, 9.17) is 4.74 Å². The zero-order valence-corrected chi connectivity index (χ0v) is 16.9. The highest BCUT2D eigenvalue weighted by molar-refractivity contribution is 7.13. The lowest BCUT2D eigenvalue weighted by Crippen LogP contribution is -2.41. The molecule has 1 fully saturated rings. The van der Waals surface area contributed by atoms with Crippen molar-refractivity contribution in [2.24, 2.45) is 5.92 Å². The highest BCUT2D eigenvalue weighted by atomic mass is 32.1. The Bertz CT molecular complexity index is 792. The first-order chi connectivity index (χ1) is 12.9. The summed E-state index contributed by atoms with van der Waals surface area (Å²) in [6.45, 7) is 4.04. The van der Waals surface area contributed by atoms with Crippen molar-refractivity contribution in [1.82, 2.24) is 9.88 Å². The Balaban J connectivity index is 1.53. The number of nitrogens with zero attached hydrogens (tertiary/aromatic N) is 2. The molecule has 0 bridgehead atoms. The third-order valence-corrected chi connectivity index (χ3v) is 6.16. The molecule has 0 atom stereocenters. The molecule has 0 N–H and O–H groups in total. The summed E-state index contributed by atoms with van der Waals surface area (Å²) in [5, 5.41) is 2.44. The zero-order chi connectivity index (χ0) is 19.4. The minimum absolute atomic E-state index is 0.156. The van der Waals surface area contributed by atoms with E-state index >= 15 is 0 Å². The number of esters is 1. The number of hydrogen-bond acceptors (Lipinski definition) is 5. The van der Waals surface area contributed by atoms with Gasteiger partial charge in [0.1, 0.15) is 5.01 Å². The summed E-state index contributed by atoms with van der Waals surface area (Å²) in [4.78, 5) is 30.7. The van der Waals surface area contributed by atoms with Crippen LogP contribution in [0.25, 0.3) is 10.6 Å². The molecule has 3 rings (SSSR count). The first-order valence-corrected chi connectivity index (χ1v) is 10.3. The SMILES string of the molecule is Cc1ccc(-c2nc(C(=O)OCC(=O)N(C)C3CCC(C)CC3)cs2)cc1. The van der Waals surface area contributed by atoms with E-state index < -0.39 is 5.97 Å². The van der Waals surface area contributed by atoms with Gasteiger partial charge in [-0.1, -0.05) is 36.8 Å². The predicted octanol–water partition coefficient (Wildman–Crippen LogP) is 4.31. The van der Waals surface area contributed by atoms with E-state index in [9.17, 15) is 9.59 Å². The van der Waals surface area contributed by atoms with Crippen LogP contribution in [0.4, 0.5) is 0 Å². The maximum absolute atomic E-state index is 12.3. The number of thiazole rings is 1. The van der Waals surface area contributed by atoms with Gasteiger partial charge in [0.25, 0.3) is 5.91 Å². The molecule has 1 heterocycles. The molecule has 5 nitrogen and oxygen atoms in total. The van der Waals surface area contributed by atoms with Gasteiger partial charge in [-0.3, -0.25) is 4.79 Å². The van der Waals surface area contributed by atoms with Crippen molar-refractivity contribution in [1.29, 1.82) is 0 Å². The smallest absolute Gasteiger partial charge is 0.358 e. The lowest BCUT2D eigenvalue weighted by atomic mass is 9.87. The lowest BCUT2D eigenvalue weighted by Gasteiger charge is -2.33. The van der Waals surface area contributed by atoms with Gasteiger partial charge in [0.05, 0.1) is 0 Å². The van der Waals surface area contributed by atoms with Crippen molar-refractivity contribution in [3.63, 3.8) is 0 Å². The number of hydrogen-bond donors (Lipinski definition) is 0. The maximum Gasteiger partial charge on any atom is 0.358 e. The number of ether oxygens (including phenoxy) is 1. The third kappa shape index (κ3) is 4.95. The van der Waals surface area contributed by atoms with Crippen LogP contribution in [0.5, 0.6) is 0 Å². The summed E-state index contributed by atoms with van der Waals surface area (Å²) in [5.74, 6) is 0.0236. The Morgan fingerprint density at radius 1 is 1.19 bits per heavy atom. The van der Waals surface area contributed by atoms with Crippen molar-refractivity contribution in [3.8, 4) is 10.6 Å². The van der Waals surface area contributed by atoms with Crippen LogP contribution >= 0.6 is 11.3 Å². The molecule has 1 aliphatic carbocycles. The van der Waals surface area contributed by atoms with Gasteiger partial charge < -0.3 is 9.64 Å². The van der Waals surface area contributed by atoms with E-state index in [1.54, 1.807) is 17.3 Å². The summed E-state index contributed by atoms with van der Waals surface area (Å²) < 4.78 is 5.21. The minimum Gasteiger partial charge on any atom is -0.451 e. The van der Waals surface area contributed by atoms with Crippen LogP contribution in [0.15, 0.2) is 29.6 Å². The molecule has 0 unspecified atom stereocenters. The van der Waals surface area contributed by atoms with E-state index in [-0.39, 0.29) is 24.2 Å². The average Bonchev–Trinajstić information content (AvgIpc) is 3.16. The average molecular weight is 387 g/mol. The van der Waals surface area contributed by atoms with Gasteiger partial charge in [0.15, 0.2) is 12.3 Å². The molecule has 1 aromatic heterocycles. The van der Waals surface area contributed by atoms with Crippen LogP contribution in [0.3, 0.4) is 0 Å². The van der Waals surface area contributed by atoms with Gasteiger partial charge in [-0.05, 0) is 38.5 Å². The fourth-order valence-electron chi connectivity index (χ4n) is 3.33. The van der Waals surface area contributed by atoms with Crippen molar-refractivity contribution in [3.05, 3.63) is 40.9 Å². The largest absolute Gasteiger partial charge is 0.451 e. The van der Waals surface area contributed by atoms with Crippen LogP contribution in [0, 0.1) is 12.8 Å². The van der Waals surface area contributed by atoms with Crippen molar-refractivity contribution >= 4 is 23.2 Å². The first kappa shape index (κ1) is 19.5. The Hall–Kier alpha value is -2.21. The van der Waals surface area contributed by atoms with Gasteiger partial charge in [0, 0.05) is 24.0 Å². The Kier molecular flexibility index (Phi) is 6.26. The molecular formula is C21H26N2O3S. The fraction of sp³-hybridized carbons (Fsp3) is 0.476. The van der Waals surface area contributed by atoms with E-state index in [0.29, 0.717) is 0 Å². The van der Waals surface area contributed by atoms with Crippen LogP contribution in [0.2, 0.25) is 0 Å². The summed E-state index contributed by atoms with van der Waals surface area (Å²) in [6, 6.07) is 8.23. The number of likely N-dealkylation sites (N-methyl/N-ethyl adjacent to an activating group) is 1. The molecule has 144 valence electrons. The number of carbonyl (C=O) groups excluding carboxylic acids is 2. The normalized spacial score (nSPS) is 19.5. The minimum atomic E-state index is -0.552. The topological polar surface area (TPSA) is 59.5 Å². The standard InChI is InChI=1S/C21H26N2O3S/c1-14-4-8-16(9-5-14)20-22-18(13-27-20)21(25)26-12-19(24)23(3)17-10-6-15(2)7-11-17/h4-5,8-9,13,15,17H,6-7,10-12H2,1-3H3.